The van der Waals surface area contributed by atoms with Gasteiger partial charge < -0.3 is 16.0 Å². The van der Waals surface area contributed by atoms with Gasteiger partial charge in [-0.25, -0.2) is 4.98 Å². The number of carbonyl (C=O) groups is 1. The SMILES string of the molecule is Cc1cccc(C(=O)NCCc2cnc[nH]2)c1N. The smallest absolute Gasteiger partial charge is 0.253 e. The van der Waals surface area contributed by atoms with Crippen molar-refractivity contribution in [2.45, 2.75) is 13.3 Å². The van der Waals surface area contributed by atoms with E-state index in [0.29, 0.717) is 17.8 Å². The number of imidazole rings is 1. The zero-order valence-electron chi connectivity index (χ0n) is 10.2. The van der Waals surface area contributed by atoms with Crippen LogP contribution in [0.2, 0.25) is 0 Å². The Kier molecular flexibility index (Phi) is 3.62. The highest BCUT2D eigenvalue weighted by molar-refractivity contribution is 5.99. The Balaban J connectivity index is 1.93. The maximum Gasteiger partial charge on any atom is 0.253 e. The van der Waals surface area contributed by atoms with Gasteiger partial charge in [0, 0.05) is 30.5 Å². The molecule has 0 aliphatic rings. The van der Waals surface area contributed by atoms with Gasteiger partial charge in [-0.2, -0.15) is 0 Å². The average Bonchev–Trinajstić information content (AvgIpc) is 2.85. The number of nitrogens with zero attached hydrogens (tertiary/aromatic N) is 1. The van der Waals surface area contributed by atoms with E-state index in [9.17, 15) is 4.79 Å². The van der Waals surface area contributed by atoms with Gasteiger partial charge in [0.2, 0.25) is 0 Å². The number of nitrogen functional groups attached to an aromatic ring is 1. The Morgan fingerprint density at radius 1 is 1.50 bits per heavy atom. The number of nitrogens with one attached hydrogen (secondary N) is 2. The molecule has 1 heterocycles. The van der Waals surface area contributed by atoms with Gasteiger partial charge >= 0.3 is 0 Å². The van der Waals surface area contributed by atoms with Crippen LogP contribution in [0.25, 0.3) is 0 Å². The van der Waals surface area contributed by atoms with Crippen LogP contribution in [0.4, 0.5) is 5.69 Å². The molecule has 1 aromatic heterocycles. The predicted octanol–water partition coefficient (Wildman–Crippen LogP) is 1.27. The normalized spacial score (nSPS) is 10.3. The van der Waals surface area contributed by atoms with E-state index < -0.39 is 0 Å². The van der Waals surface area contributed by atoms with Crippen molar-refractivity contribution in [3.8, 4) is 0 Å². The fourth-order valence-corrected chi connectivity index (χ4v) is 1.71. The summed E-state index contributed by atoms with van der Waals surface area (Å²) >= 11 is 0. The van der Waals surface area contributed by atoms with Crippen LogP contribution in [0.3, 0.4) is 0 Å². The molecule has 5 nitrogen and oxygen atoms in total. The van der Waals surface area contributed by atoms with Crippen LogP contribution in [0.5, 0.6) is 0 Å². The van der Waals surface area contributed by atoms with Crippen LogP contribution in [0.15, 0.2) is 30.7 Å². The van der Waals surface area contributed by atoms with Crippen LogP contribution in [-0.4, -0.2) is 22.4 Å². The van der Waals surface area contributed by atoms with Gasteiger partial charge in [0.15, 0.2) is 0 Å². The first-order valence-corrected chi connectivity index (χ1v) is 5.79. The van der Waals surface area contributed by atoms with E-state index >= 15 is 0 Å². The number of aromatic nitrogens is 2. The fraction of sp³-hybridized carbons (Fsp3) is 0.231. The van der Waals surface area contributed by atoms with Crippen LogP contribution < -0.4 is 11.1 Å². The lowest BCUT2D eigenvalue weighted by atomic mass is 10.1. The summed E-state index contributed by atoms with van der Waals surface area (Å²) in [4.78, 5) is 18.8. The summed E-state index contributed by atoms with van der Waals surface area (Å²) < 4.78 is 0. The molecule has 0 fully saturated rings. The number of hydrogen-bond donors (Lipinski definition) is 3. The zero-order chi connectivity index (χ0) is 13.0. The minimum Gasteiger partial charge on any atom is -0.398 e. The fourth-order valence-electron chi connectivity index (χ4n) is 1.71. The molecule has 0 spiro atoms. The summed E-state index contributed by atoms with van der Waals surface area (Å²) in [6.07, 6.45) is 4.08. The van der Waals surface area contributed by atoms with Gasteiger partial charge in [-0.1, -0.05) is 12.1 Å². The third-order valence-electron chi connectivity index (χ3n) is 2.80. The number of nitrogens with two attached hydrogens (primary N) is 1. The summed E-state index contributed by atoms with van der Waals surface area (Å²) in [7, 11) is 0. The molecule has 0 radical (unpaired) electrons. The number of carbonyl (C=O) groups excluding carboxylic acids is 1. The van der Waals surface area contributed by atoms with Crippen molar-refractivity contribution in [3.05, 3.63) is 47.5 Å². The van der Waals surface area contributed by atoms with Gasteiger partial charge in [-0.15, -0.1) is 0 Å². The number of benzene rings is 1. The lowest BCUT2D eigenvalue weighted by Gasteiger charge is -2.08. The summed E-state index contributed by atoms with van der Waals surface area (Å²) in [6.45, 7) is 2.44. The van der Waals surface area contributed by atoms with E-state index in [1.807, 2.05) is 19.1 Å². The highest BCUT2D eigenvalue weighted by Crippen LogP contribution is 2.15. The molecular weight excluding hydrogens is 228 g/mol. The molecule has 0 saturated heterocycles. The van der Waals surface area contributed by atoms with E-state index in [1.54, 1.807) is 18.6 Å². The minimum absolute atomic E-state index is 0.143. The third kappa shape index (κ3) is 2.68. The molecule has 1 aromatic carbocycles. The maximum absolute atomic E-state index is 11.9. The Morgan fingerprint density at radius 2 is 2.33 bits per heavy atom. The second-order valence-electron chi connectivity index (χ2n) is 4.12. The Morgan fingerprint density at radius 3 is 3.06 bits per heavy atom. The van der Waals surface area contributed by atoms with E-state index in [-0.39, 0.29) is 5.91 Å². The van der Waals surface area contributed by atoms with Crippen LogP contribution in [0.1, 0.15) is 21.6 Å². The zero-order valence-corrected chi connectivity index (χ0v) is 10.2. The summed E-state index contributed by atoms with van der Waals surface area (Å²) in [6, 6.07) is 5.44. The van der Waals surface area contributed by atoms with Crippen LogP contribution in [0, 0.1) is 6.92 Å². The first-order chi connectivity index (χ1) is 8.68. The number of aromatic amines is 1. The lowest BCUT2D eigenvalue weighted by molar-refractivity contribution is 0.0955. The number of H-pyrrole nitrogens is 1. The standard InChI is InChI=1S/C13H16N4O/c1-9-3-2-4-11(12(9)14)13(18)16-6-5-10-7-15-8-17-10/h2-4,7-8H,5-6,14H2,1H3,(H,15,17)(H,16,18). The number of hydrogen-bond acceptors (Lipinski definition) is 3. The van der Waals surface area contributed by atoms with E-state index in [2.05, 4.69) is 15.3 Å². The van der Waals surface area contributed by atoms with Gasteiger partial charge in [0.1, 0.15) is 0 Å². The Labute approximate surface area is 105 Å². The summed E-state index contributed by atoms with van der Waals surface area (Å²) in [5.74, 6) is -0.143. The number of aryl methyl sites for hydroxylation is 1. The molecule has 0 aliphatic heterocycles. The third-order valence-corrected chi connectivity index (χ3v) is 2.80. The molecule has 0 unspecified atom stereocenters. The molecule has 5 heteroatoms. The Bertz CT molecular complexity index is 534. The number of anilines is 1. The van der Waals surface area contributed by atoms with Crippen molar-refractivity contribution in [3.63, 3.8) is 0 Å². The quantitative estimate of drug-likeness (QED) is 0.708. The van der Waals surface area contributed by atoms with Crippen molar-refractivity contribution in [2.24, 2.45) is 0 Å². The monoisotopic (exact) mass is 244 g/mol. The highest BCUT2D eigenvalue weighted by Gasteiger charge is 2.10. The van der Waals surface area contributed by atoms with Crippen LogP contribution >= 0.6 is 0 Å². The first kappa shape index (κ1) is 12.2. The van der Waals surface area contributed by atoms with Crippen molar-refractivity contribution in [1.29, 1.82) is 0 Å². The summed E-state index contributed by atoms with van der Waals surface area (Å²) in [5.41, 5.74) is 8.84. The molecule has 0 saturated carbocycles. The second kappa shape index (κ2) is 5.35. The van der Waals surface area contributed by atoms with E-state index in [1.165, 1.54) is 0 Å². The first-order valence-electron chi connectivity index (χ1n) is 5.79. The van der Waals surface area contributed by atoms with Crippen molar-refractivity contribution in [2.75, 3.05) is 12.3 Å². The molecule has 0 aliphatic carbocycles. The molecule has 0 bridgehead atoms. The lowest BCUT2D eigenvalue weighted by Crippen LogP contribution is -2.26. The molecule has 4 N–H and O–H groups in total. The number of rotatable bonds is 4. The van der Waals surface area contributed by atoms with Gasteiger partial charge in [-0.3, -0.25) is 4.79 Å². The highest BCUT2D eigenvalue weighted by atomic mass is 16.1. The molecule has 0 atom stereocenters. The molecule has 2 rings (SSSR count). The van der Waals surface area contributed by atoms with Crippen molar-refractivity contribution in [1.82, 2.24) is 15.3 Å². The van der Waals surface area contributed by atoms with Gasteiger partial charge in [0.05, 0.1) is 11.9 Å². The topological polar surface area (TPSA) is 83.8 Å². The summed E-state index contributed by atoms with van der Waals surface area (Å²) in [5, 5.41) is 2.84. The van der Waals surface area contributed by atoms with Crippen molar-refractivity contribution < 1.29 is 4.79 Å². The minimum atomic E-state index is -0.143. The number of amides is 1. The van der Waals surface area contributed by atoms with Crippen LogP contribution in [-0.2, 0) is 6.42 Å². The van der Waals surface area contributed by atoms with Crippen molar-refractivity contribution >= 4 is 11.6 Å². The molecular formula is C13H16N4O. The molecule has 94 valence electrons. The predicted molar refractivity (Wildman–Crippen MR) is 70.2 cm³/mol. The number of para-hydroxylation sites is 1. The largest absolute Gasteiger partial charge is 0.398 e. The Hall–Kier alpha value is -2.30. The van der Waals surface area contributed by atoms with E-state index in [4.69, 9.17) is 5.73 Å². The second-order valence-corrected chi connectivity index (χ2v) is 4.12. The van der Waals surface area contributed by atoms with Gasteiger partial charge in [-0.05, 0) is 18.6 Å². The molecule has 1 amide bonds. The molecule has 2 aromatic rings. The van der Waals surface area contributed by atoms with E-state index in [0.717, 1.165) is 17.7 Å². The molecule has 18 heavy (non-hydrogen) atoms. The maximum atomic E-state index is 11.9. The average molecular weight is 244 g/mol. The van der Waals surface area contributed by atoms with Gasteiger partial charge in [0.25, 0.3) is 5.91 Å².